The highest BCUT2D eigenvalue weighted by Crippen LogP contribution is 2.19. The van der Waals surface area contributed by atoms with E-state index in [0.29, 0.717) is 19.5 Å². The van der Waals surface area contributed by atoms with Gasteiger partial charge in [0.25, 0.3) is 0 Å². The fourth-order valence-electron chi connectivity index (χ4n) is 2.66. The molecule has 0 unspecified atom stereocenters. The number of nitrogens with zero attached hydrogens (tertiary/aromatic N) is 3. The molecule has 0 atom stereocenters. The molecule has 0 saturated carbocycles. The smallest absolute Gasteiger partial charge is 0.410 e. The van der Waals surface area contributed by atoms with Crippen molar-refractivity contribution in [3.8, 4) is 0 Å². The highest BCUT2D eigenvalue weighted by Gasteiger charge is 2.21. The molecule has 0 spiro atoms. The molecule has 2 aromatic rings. The van der Waals surface area contributed by atoms with Gasteiger partial charge in [-0.05, 0) is 45.7 Å². The number of ether oxygens (including phenoxy) is 1. The van der Waals surface area contributed by atoms with Crippen LogP contribution in [-0.4, -0.2) is 44.3 Å². The maximum absolute atomic E-state index is 12.2. The van der Waals surface area contributed by atoms with Gasteiger partial charge < -0.3 is 19.3 Å². The molecule has 0 aliphatic carbocycles. The van der Waals surface area contributed by atoms with Gasteiger partial charge >= 0.3 is 12.1 Å². The number of benzene rings is 1. The van der Waals surface area contributed by atoms with Crippen molar-refractivity contribution in [1.82, 2.24) is 14.5 Å². The van der Waals surface area contributed by atoms with E-state index in [9.17, 15) is 9.59 Å². The highest BCUT2D eigenvalue weighted by atomic mass is 16.6. The van der Waals surface area contributed by atoms with Crippen LogP contribution in [0.1, 0.15) is 45.9 Å². The van der Waals surface area contributed by atoms with E-state index >= 15 is 0 Å². The lowest BCUT2D eigenvalue weighted by Gasteiger charge is -2.24. The lowest BCUT2D eigenvalue weighted by molar-refractivity contribution is -0.137. The molecule has 0 aliphatic rings. The van der Waals surface area contributed by atoms with Crippen LogP contribution in [0.3, 0.4) is 0 Å². The molecule has 1 heterocycles. The van der Waals surface area contributed by atoms with Gasteiger partial charge in [0.1, 0.15) is 11.4 Å². The van der Waals surface area contributed by atoms with Gasteiger partial charge in [-0.3, -0.25) is 4.79 Å². The third-order valence-electron chi connectivity index (χ3n) is 3.84. The lowest BCUT2D eigenvalue weighted by atomic mass is 10.2. The van der Waals surface area contributed by atoms with Gasteiger partial charge in [0.15, 0.2) is 0 Å². The van der Waals surface area contributed by atoms with Gasteiger partial charge in [-0.2, -0.15) is 0 Å². The first-order chi connectivity index (χ1) is 12.2. The standard InChI is InChI=1S/C19H27N3O4/c1-19(2,3)26-18(25)21(4)13-16-20-14-9-5-6-10-15(14)22(16)12-8-7-11-17(23)24/h5-6,9-10H,7-8,11-13H2,1-4H3,(H,23,24). The van der Waals surface area contributed by atoms with Gasteiger partial charge in [0, 0.05) is 20.0 Å². The van der Waals surface area contributed by atoms with Gasteiger partial charge in [-0.1, -0.05) is 12.1 Å². The SMILES string of the molecule is CN(Cc1nc2ccccc2n1CCCCC(=O)O)C(=O)OC(C)(C)C. The van der Waals surface area contributed by atoms with Crippen molar-refractivity contribution < 1.29 is 19.4 Å². The Bertz CT molecular complexity index is 777. The largest absolute Gasteiger partial charge is 0.481 e. The number of fused-ring (bicyclic) bond motifs is 1. The topological polar surface area (TPSA) is 84.7 Å². The molecule has 0 radical (unpaired) electrons. The van der Waals surface area contributed by atoms with Crippen molar-refractivity contribution in [3.05, 3.63) is 30.1 Å². The zero-order valence-corrected chi connectivity index (χ0v) is 15.9. The molecular weight excluding hydrogens is 334 g/mol. The van der Waals surface area contributed by atoms with Crippen LogP contribution in [0.4, 0.5) is 4.79 Å². The number of carboxylic acids is 1. The van der Waals surface area contributed by atoms with Gasteiger partial charge in [-0.25, -0.2) is 9.78 Å². The van der Waals surface area contributed by atoms with E-state index in [2.05, 4.69) is 9.55 Å². The van der Waals surface area contributed by atoms with E-state index in [-0.39, 0.29) is 6.42 Å². The number of hydrogen-bond donors (Lipinski definition) is 1. The number of aliphatic carboxylic acids is 1. The van der Waals surface area contributed by atoms with Crippen molar-refractivity contribution in [2.75, 3.05) is 7.05 Å². The molecule has 1 amide bonds. The Balaban J connectivity index is 2.16. The molecule has 142 valence electrons. The Labute approximate surface area is 153 Å². The molecule has 0 bridgehead atoms. The fourth-order valence-corrected chi connectivity index (χ4v) is 2.66. The maximum atomic E-state index is 12.2. The number of aromatic nitrogens is 2. The number of imidazole rings is 1. The van der Waals surface area contributed by atoms with E-state index in [1.165, 1.54) is 4.90 Å². The first-order valence-electron chi connectivity index (χ1n) is 8.77. The molecule has 0 saturated heterocycles. The van der Waals surface area contributed by atoms with Crippen molar-refractivity contribution in [1.29, 1.82) is 0 Å². The van der Waals surface area contributed by atoms with Gasteiger partial charge in [0.05, 0.1) is 17.6 Å². The normalized spacial score (nSPS) is 11.5. The summed E-state index contributed by atoms with van der Waals surface area (Å²) in [5.41, 5.74) is 1.29. The van der Waals surface area contributed by atoms with Crippen molar-refractivity contribution in [2.45, 2.75) is 58.7 Å². The summed E-state index contributed by atoms with van der Waals surface area (Å²) in [6.45, 7) is 6.47. The molecule has 26 heavy (non-hydrogen) atoms. The molecular formula is C19H27N3O4. The number of unbranched alkanes of at least 4 members (excludes halogenated alkanes) is 1. The molecule has 2 rings (SSSR count). The van der Waals surface area contributed by atoms with Crippen molar-refractivity contribution >= 4 is 23.1 Å². The Morgan fingerprint density at radius 2 is 1.92 bits per heavy atom. The van der Waals surface area contributed by atoms with Crippen LogP contribution >= 0.6 is 0 Å². The average Bonchev–Trinajstić information content (AvgIpc) is 2.87. The first-order valence-corrected chi connectivity index (χ1v) is 8.77. The van der Waals surface area contributed by atoms with Gasteiger partial charge in [-0.15, -0.1) is 0 Å². The second-order valence-corrected chi connectivity index (χ2v) is 7.36. The molecule has 1 aromatic heterocycles. The first kappa shape index (κ1) is 19.8. The van der Waals surface area contributed by atoms with E-state index in [4.69, 9.17) is 9.84 Å². The third kappa shape index (κ3) is 5.47. The second-order valence-electron chi connectivity index (χ2n) is 7.36. The van der Waals surface area contributed by atoms with Crippen LogP contribution in [-0.2, 0) is 22.6 Å². The number of carbonyl (C=O) groups is 2. The molecule has 1 aromatic carbocycles. The Morgan fingerprint density at radius 1 is 1.23 bits per heavy atom. The summed E-state index contributed by atoms with van der Waals surface area (Å²) in [5.74, 6) is -0.0275. The minimum atomic E-state index is -0.787. The summed E-state index contributed by atoms with van der Waals surface area (Å²) in [5, 5.41) is 8.79. The molecule has 7 nitrogen and oxygen atoms in total. The monoisotopic (exact) mass is 361 g/mol. The number of amides is 1. The van der Waals surface area contributed by atoms with Crippen LogP contribution in [0.15, 0.2) is 24.3 Å². The Morgan fingerprint density at radius 3 is 2.58 bits per heavy atom. The predicted molar refractivity (Wildman–Crippen MR) is 98.9 cm³/mol. The highest BCUT2D eigenvalue weighted by molar-refractivity contribution is 5.76. The number of aryl methyl sites for hydroxylation is 1. The van der Waals surface area contributed by atoms with E-state index < -0.39 is 17.7 Å². The van der Waals surface area contributed by atoms with Crippen LogP contribution < -0.4 is 0 Å². The molecule has 1 N–H and O–H groups in total. The van der Waals surface area contributed by atoms with Crippen LogP contribution in [0, 0.1) is 0 Å². The summed E-state index contributed by atoms with van der Waals surface area (Å²) in [6.07, 6.45) is 1.08. The van der Waals surface area contributed by atoms with E-state index in [1.807, 2.05) is 45.0 Å². The van der Waals surface area contributed by atoms with Gasteiger partial charge in [0.2, 0.25) is 0 Å². The van der Waals surface area contributed by atoms with Crippen LogP contribution in [0.25, 0.3) is 11.0 Å². The van der Waals surface area contributed by atoms with Crippen molar-refractivity contribution in [3.63, 3.8) is 0 Å². The molecule has 7 heteroatoms. The number of carbonyl (C=O) groups excluding carboxylic acids is 1. The Kier molecular flexibility index (Phi) is 6.23. The quantitative estimate of drug-likeness (QED) is 0.761. The number of para-hydroxylation sites is 2. The fraction of sp³-hybridized carbons (Fsp3) is 0.526. The molecule has 0 fully saturated rings. The van der Waals surface area contributed by atoms with E-state index in [1.54, 1.807) is 7.05 Å². The second kappa shape index (κ2) is 8.21. The molecule has 0 aliphatic heterocycles. The summed E-state index contributed by atoms with van der Waals surface area (Å²) in [4.78, 5) is 29.1. The minimum Gasteiger partial charge on any atom is -0.481 e. The predicted octanol–water partition coefficient (Wildman–Crippen LogP) is 3.66. The van der Waals surface area contributed by atoms with Crippen LogP contribution in [0.2, 0.25) is 0 Å². The van der Waals surface area contributed by atoms with Crippen LogP contribution in [0.5, 0.6) is 0 Å². The third-order valence-corrected chi connectivity index (χ3v) is 3.84. The summed E-state index contributed by atoms with van der Waals surface area (Å²) in [7, 11) is 1.68. The summed E-state index contributed by atoms with van der Waals surface area (Å²) < 4.78 is 7.45. The number of rotatable bonds is 7. The van der Waals surface area contributed by atoms with Crippen molar-refractivity contribution in [2.24, 2.45) is 0 Å². The Hall–Kier alpha value is -2.57. The summed E-state index contributed by atoms with van der Waals surface area (Å²) in [6, 6.07) is 7.78. The maximum Gasteiger partial charge on any atom is 0.410 e. The zero-order valence-electron chi connectivity index (χ0n) is 15.9. The average molecular weight is 361 g/mol. The minimum absolute atomic E-state index is 0.153. The summed E-state index contributed by atoms with van der Waals surface area (Å²) >= 11 is 0. The zero-order chi connectivity index (χ0) is 19.3. The van der Waals surface area contributed by atoms with E-state index in [0.717, 1.165) is 23.3 Å². The number of hydrogen-bond acceptors (Lipinski definition) is 4. The lowest BCUT2D eigenvalue weighted by Crippen LogP contribution is -2.34. The number of carboxylic acid groups (broad SMARTS) is 1.